The predicted molar refractivity (Wildman–Crippen MR) is 51.0 cm³/mol. The van der Waals surface area contributed by atoms with Gasteiger partial charge in [0.1, 0.15) is 17.4 Å². The van der Waals surface area contributed by atoms with Crippen molar-refractivity contribution >= 4 is 21.7 Å². The van der Waals surface area contributed by atoms with Gasteiger partial charge in [0.15, 0.2) is 0 Å². The van der Waals surface area contributed by atoms with Crippen LogP contribution in [0.3, 0.4) is 0 Å². The van der Waals surface area contributed by atoms with E-state index >= 15 is 0 Å². The van der Waals surface area contributed by atoms with Crippen LogP contribution in [0.4, 0.5) is 8.78 Å². The summed E-state index contributed by atoms with van der Waals surface area (Å²) in [5, 5.41) is 0. The second-order valence-corrected chi connectivity index (χ2v) is 4.26. The summed E-state index contributed by atoms with van der Waals surface area (Å²) < 4.78 is 27.0. The van der Waals surface area contributed by atoms with Crippen LogP contribution in [0.25, 0.3) is 0 Å². The molecule has 0 bridgehead atoms. The second-order valence-electron chi connectivity index (χ2n) is 3.34. The van der Waals surface area contributed by atoms with E-state index in [1.807, 2.05) is 0 Å². The molecule has 74 valence electrons. The molecule has 0 aromatic heterocycles. The minimum atomic E-state index is -0.644. The molecule has 2 rings (SSSR count). The zero-order chi connectivity index (χ0) is 10.3. The number of rotatable bonds is 1. The van der Waals surface area contributed by atoms with Crippen LogP contribution in [0.15, 0.2) is 16.6 Å². The molecule has 0 radical (unpaired) electrons. The van der Waals surface area contributed by atoms with Gasteiger partial charge >= 0.3 is 0 Å². The van der Waals surface area contributed by atoms with Gasteiger partial charge in [0, 0.05) is 22.4 Å². The number of halogens is 3. The molecule has 0 spiro atoms. The fourth-order valence-corrected chi connectivity index (χ4v) is 2.00. The van der Waals surface area contributed by atoms with Gasteiger partial charge < -0.3 is 0 Å². The molecule has 0 heterocycles. The Kier molecular flexibility index (Phi) is 2.39. The SMILES string of the molecule is O=C1CCC1c1c(F)cc(Br)cc1F. The smallest absolute Gasteiger partial charge is 0.140 e. The molecule has 1 aliphatic carbocycles. The van der Waals surface area contributed by atoms with Crippen molar-refractivity contribution in [2.24, 2.45) is 0 Å². The number of carbonyl (C=O) groups excluding carboxylic acids is 1. The van der Waals surface area contributed by atoms with Gasteiger partial charge in [0.05, 0.1) is 0 Å². The molecular formula is C10H7BrF2O. The van der Waals surface area contributed by atoms with Gasteiger partial charge in [-0.1, -0.05) is 15.9 Å². The van der Waals surface area contributed by atoms with Crippen LogP contribution in [-0.4, -0.2) is 5.78 Å². The van der Waals surface area contributed by atoms with Gasteiger partial charge in [-0.2, -0.15) is 0 Å². The van der Waals surface area contributed by atoms with Gasteiger partial charge in [-0.25, -0.2) is 8.78 Å². The third kappa shape index (κ3) is 1.47. The Balaban J connectivity index is 2.47. The van der Waals surface area contributed by atoms with Gasteiger partial charge in [0.25, 0.3) is 0 Å². The highest BCUT2D eigenvalue weighted by Gasteiger charge is 2.34. The van der Waals surface area contributed by atoms with Crippen LogP contribution in [0.2, 0.25) is 0 Å². The van der Waals surface area contributed by atoms with E-state index < -0.39 is 17.6 Å². The molecule has 0 amide bonds. The van der Waals surface area contributed by atoms with E-state index in [2.05, 4.69) is 15.9 Å². The Labute approximate surface area is 88.2 Å². The lowest BCUT2D eigenvalue weighted by Gasteiger charge is -2.24. The molecule has 0 aliphatic heterocycles. The molecule has 1 aromatic carbocycles. The molecule has 1 aliphatic rings. The molecule has 0 saturated heterocycles. The Morgan fingerprint density at radius 1 is 1.29 bits per heavy atom. The molecule has 1 fully saturated rings. The zero-order valence-corrected chi connectivity index (χ0v) is 8.77. The van der Waals surface area contributed by atoms with Gasteiger partial charge in [-0.3, -0.25) is 4.79 Å². The van der Waals surface area contributed by atoms with E-state index in [-0.39, 0.29) is 11.3 Å². The van der Waals surface area contributed by atoms with Crippen LogP contribution >= 0.6 is 15.9 Å². The molecule has 1 saturated carbocycles. The van der Waals surface area contributed by atoms with Crippen molar-refractivity contribution in [3.8, 4) is 0 Å². The van der Waals surface area contributed by atoms with E-state index in [4.69, 9.17) is 0 Å². The maximum Gasteiger partial charge on any atom is 0.140 e. The van der Waals surface area contributed by atoms with Crippen molar-refractivity contribution in [3.05, 3.63) is 33.8 Å². The van der Waals surface area contributed by atoms with Crippen LogP contribution in [0.5, 0.6) is 0 Å². The van der Waals surface area contributed by atoms with E-state index in [1.54, 1.807) is 0 Å². The average Bonchev–Trinajstić information content (AvgIpc) is 2.08. The van der Waals surface area contributed by atoms with Crippen molar-refractivity contribution in [2.75, 3.05) is 0 Å². The number of hydrogen-bond acceptors (Lipinski definition) is 1. The van der Waals surface area contributed by atoms with Crippen molar-refractivity contribution < 1.29 is 13.6 Å². The highest BCUT2D eigenvalue weighted by molar-refractivity contribution is 9.10. The molecule has 1 nitrogen and oxygen atoms in total. The molecule has 4 heteroatoms. The fraction of sp³-hybridized carbons (Fsp3) is 0.300. The summed E-state index contributed by atoms with van der Waals surface area (Å²) in [5.41, 5.74) is -0.0792. The second kappa shape index (κ2) is 3.42. The van der Waals surface area contributed by atoms with Gasteiger partial charge in [-0.15, -0.1) is 0 Å². The third-order valence-corrected chi connectivity index (χ3v) is 2.92. The van der Waals surface area contributed by atoms with Gasteiger partial charge in [-0.05, 0) is 18.6 Å². The standard InChI is InChI=1S/C10H7BrF2O/c11-5-3-7(12)10(8(13)4-5)6-1-2-9(6)14/h3-4,6H,1-2H2. The summed E-state index contributed by atoms with van der Waals surface area (Å²) in [6.45, 7) is 0. The highest BCUT2D eigenvalue weighted by atomic mass is 79.9. The Morgan fingerprint density at radius 2 is 1.86 bits per heavy atom. The summed E-state index contributed by atoms with van der Waals surface area (Å²) in [4.78, 5) is 11.1. The summed E-state index contributed by atoms with van der Waals surface area (Å²) in [6, 6.07) is 2.37. The first-order valence-corrected chi connectivity index (χ1v) is 5.06. The molecule has 0 N–H and O–H groups in total. The van der Waals surface area contributed by atoms with E-state index in [0.717, 1.165) is 0 Å². The number of Topliss-reactive ketones (excluding diaryl/α,β-unsaturated/α-hetero) is 1. The largest absolute Gasteiger partial charge is 0.299 e. The van der Waals surface area contributed by atoms with Crippen molar-refractivity contribution in [2.45, 2.75) is 18.8 Å². The first kappa shape index (κ1) is 9.77. The predicted octanol–water partition coefficient (Wildman–Crippen LogP) is 3.17. The van der Waals surface area contributed by atoms with Gasteiger partial charge in [0.2, 0.25) is 0 Å². The Hall–Kier alpha value is -0.770. The summed E-state index contributed by atoms with van der Waals surface area (Å²) in [7, 11) is 0. The minimum absolute atomic E-state index is 0.0786. The number of ketones is 1. The molecule has 14 heavy (non-hydrogen) atoms. The first-order valence-electron chi connectivity index (χ1n) is 4.26. The lowest BCUT2D eigenvalue weighted by Crippen LogP contribution is -2.25. The Bertz CT molecular complexity index is 380. The quantitative estimate of drug-likeness (QED) is 0.758. The lowest BCUT2D eigenvalue weighted by molar-refractivity contribution is -0.125. The van der Waals surface area contributed by atoms with Crippen LogP contribution in [-0.2, 0) is 4.79 Å². The minimum Gasteiger partial charge on any atom is -0.299 e. The van der Waals surface area contributed by atoms with Crippen molar-refractivity contribution in [1.82, 2.24) is 0 Å². The molecule has 1 unspecified atom stereocenters. The molecule has 1 atom stereocenters. The molecular weight excluding hydrogens is 254 g/mol. The lowest BCUT2D eigenvalue weighted by atomic mass is 9.78. The van der Waals surface area contributed by atoms with Crippen molar-refractivity contribution in [3.63, 3.8) is 0 Å². The fourth-order valence-electron chi connectivity index (χ4n) is 1.60. The number of carbonyl (C=O) groups is 1. The zero-order valence-electron chi connectivity index (χ0n) is 7.19. The number of hydrogen-bond donors (Lipinski definition) is 0. The van der Waals surface area contributed by atoms with Crippen LogP contribution in [0.1, 0.15) is 24.3 Å². The normalized spacial score (nSPS) is 20.8. The summed E-state index contributed by atoms with van der Waals surface area (Å²) >= 11 is 2.99. The summed E-state index contributed by atoms with van der Waals surface area (Å²) in [5.74, 6) is -1.93. The molecule has 1 aromatic rings. The van der Waals surface area contributed by atoms with Crippen molar-refractivity contribution in [1.29, 1.82) is 0 Å². The van der Waals surface area contributed by atoms with E-state index in [1.165, 1.54) is 12.1 Å². The topological polar surface area (TPSA) is 17.1 Å². The highest BCUT2D eigenvalue weighted by Crippen LogP contribution is 2.36. The third-order valence-electron chi connectivity index (χ3n) is 2.46. The van der Waals surface area contributed by atoms with Crippen LogP contribution < -0.4 is 0 Å². The maximum absolute atomic E-state index is 13.3. The monoisotopic (exact) mass is 260 g/mol. The van der Waals surface area contributed by atoms with Crippen LogP contribution in [0, 0.1) is 11.6 Å². The maximum atomic E-state index is 13.3. The van der Waals surface area contributed by atoms with E-state index in [0.29, 0.717) is 17.3 Å². The Morgan fingerprint density at radius 3 is 2.21 bits per heavy atom. The first-order chi connectivity index (χ1) is 6.59. The summed E-state index contributed by atoms with van der Waals surface area (Å²) in [6.07, 6.45) is 0.980. The average molecular weight is 261 g/mol. The number of benzene rings is 1. The van der Waals surface area contributed by atoms with E-state index in [9.17, 15) is 13.6 Å².